The van der Waals surface area contributed by atoms with E-state index in [1.165, 1.54) is 0 Å². The van der Waals surface area contributed by atoms with Gasteiger partial charge in [-0.05, 0) is 56.0 Å². The fourth-order valence-electron chi connectivity index (χ4n) is 4.97. The monoisotopic (exact) mass is 472 g/mol. The summed E-state index contributed by atoms with van der Waals surface area (Å²) in [5.41, 5.74) is 4.85. The van der Waals surface area contributed by atoms with Gasteiger partial charge in [-0.2, -0.15) is 0 Å². The van der Waals surface area contributed by atoms with Gasteiger partial charge in [-0.3, -0.25) is 9.78 Å². The van der Waals surface area contributed by atoms with Crippen molar-refractivity contribution >= 4 is 11.6 Å². The second kappa shape index (κ2) is 10.4. The average molecular weight is 473 g/mol. The summed E-state index contributed by atoms with van der Waals surface area (Å²) in [6, 6.07) is 13.9. The molecule has 182 valence electrons. The van der Waals surface area contributed by atoms with Crippen molar-refractivity contribution < 1.29 is 14.3 Å². The van der Waals surface area contributed by atoms with Gasteiger partial charge in [0, 0.05) is 49.5 Å². The molecule has 3 heterocycles. The van der Waals surface area contributed by atoms with Gasteiger partial charge in [0.1, 0.15) is 5.75 Å². The Labute approximate surface area is 206 Å². The van der Waals surface area contributed by atoms with Crippen LogP contribution >= 0.6 is 0 Å². The molecule has 3 aromatic rings. The summed E-state index contributed by atoms with van der Waals surface area (Å²) in [5.74, 6) is 1.47. The number of aryl methyl sites for hydroxylation is 1. The number of hydrogen-bond acceptors (Lipinski definition) is 6. The number of hydrogen-bond donors (Lipinski definition) is 0. The highest BCUT2D eigenvalue weighted by atomic mass is 16.5. The summed E-state index contributed by atoms with van der Waals surface area (Å²) < 4.78 is 11.5. The Kier molecular flexibility index (Phi) is 6.95. The number of morpholine rings is 1. The minimum absolute atomic E-state index is 0.0857. The summed E-state index contributed by atoms with van der Waals surface area (Å²) in [7, 11) is 0. The zero-order valence-electron chi connectivity index (χ0n) is 20.4. The van der Waals surface area contributed by atoms with Crippen LogP contribution in [0.25, 0.3) is 0 Å². The maximum Gasteiger partial charge on any atom is 0.254 e. The van der Waals surface area contributed by atoms with Gasteiger partial charge in [0.05, 0.1) is 25.1 Å². The molecule has 2 aliphatic heterocycles. The number of benzene rings is 2. The van der Waals surface area contributed by atoms with E-state index < -0.39 is 0 Å². The molecule has 1 unspecified atom stereocenters. The Morgan fingerprint density at radius 2 is 1.86 bits per heavy atom. The van der Waals surface area contributed by atoms with Crippen molar-refractivity contribution in [2.75, 3.05) is 44.3 Å². The van der Waals surface area contributed by atoms with E-state index in [4.69, 9.17) is 14.5 Å². The zero-order chi connectivity index (χ0) is 24.2. The lowest BCUT2D eigenvalue weighted by atomic mass is 9.94. The van der Waals surface area contributed by atoms with Gasteiger partial charge >= 0.3 is 0 Å². The lowest BCUT2D eigenvalue weighted by molar-refractivity contribution is 0.0705. The number of carbonyl (C=O) groups is 1. The van der Waals surface area contributed by atoms with Crippen molar-refractivity contribution in [3.8, 4) is 11.6 Å². The van der Waals surface area contributed by atoms with Crippen molar-refractivity contribution in [1.82, 2.24) is 14.9 Å². The highest BCUT2D eigenvalue weighted by Crippen LogP contribution is 2.31. The lowest BCUT2D eigenvalue weighted by Gasteiger charge is -2.34. The number of amides is 1. The third-order valence-electron chi connectivity index (χ3n) is 6.95. The topological polar surface area (TPSA) is 67.8 Å². The van der Waals surface area contributed by atoms with E-state index in [0.29, 0.717) is 12.4 Å². The molecular weight excluding hydrogens is 440 g/mol. The van der Waals surface area contributed by atoms with Gasteiger partial charge in [0.25, 0.3) is 5.91 Å². The maximum atomic E-state index is 13.6. The molecule has 0 aliphatic carbocycles. The first kappa shape index (κ1) is 23.3. The number of likely N-dealkylation sites (tertiary alicyclic amines) is 1. The van der Waals surface area contributed by atoms with Crippen molar-refractivity contribution in [3.63, 3.8) is 0 Å². The Balaban J connectivity index is 1.32. The maximum absolute atomic E-state index is 13.6. The van der Waals surface area contributed by atoms with E-state index in [0.717, 1.165) is 79.5 Å². The number of anilines is 1. The van der Waals surface area contributed by atoms with Crippen molar-refractivity contribution in [1.29, 1.82) is 0 Å². The molecule has 7 nitrogen and oxygen atoms in total. The van der Waals surface area contributed by atoms with E-state index in [9.17, 15) is 4.79 Å². The predicted octanol–water partition coefficient (Wildman–Crippen LogP) is 4.74. The van der Waals surface area contributed by atoms with E-state index in [1.54, 1.807) is 12.4 Å². The van der Waals surface area contributed by atoms with Crippen molar-refractivity contribution in [2.24, 2.45) is 0 Å². The fraction of sp³-hybridized carbons (Fsp3) is 0.393. The van der Waals surface area contributed by atoms with Crippen LogP contribution in [-0.2, 0) is 4.74 Å². The number of ether oxygens (including phenoxy) is 2. The molecule has 0 bridgehead atoms. The highest BCUT2D eigenvalue weighted by Gasteiger charge is 2.28. The number of piperidine rings is 1. The van der Waals surface area contributed by atoms with Crippen molar-refractivity contribution in [2.45, 2.75) is 32.6 Å². The predicted molar refractivity (Wildman–Crippen MR) is 135 cm³/mol. The Bertz CT molecular complexity index is 1190. The molecule has 35 heavy (non-hydrogen) atoms. The molecule has 1 aromatic heterocycles. The first-order chi connectivity index (χ1) is 17.1. The van der Waals surface area contributed by atoms with E-state index >= 15 is 0 Å². The normalized spacial score (nSPS) is 18.4. The van der Waals surface area contributed by atoms with Gasteiger partial charge in [-0.15, -0.1) is 0 Å². The van der Waals surface area contributed by atoms with Gasteiger partial charge in [-0.25, -0.2) is 4.98 Å². The van der Waals surface area contributed by atoms with Crippen LogP contribution in [-0.4, -0.2) is 60.2 Å². The standard InChI is InChI=1S/C28H32N4O3/c1-20-7-3-4-11-26(20)35-27-18-29-17-24(30-27)22-8-6-12-32(19-22)28(33)23-9-5-10-25(21(23)2)31-13-15-34-16-14-31/h3-5,7,9-11,17-18,22H,6,8,12-16,19H2,1-2H3. The van der Waals surface area contributed by atoms with Gasteiger partial charge < -0.3 is 19.3 Å². The second-order valence-electron chi connectivity index (χ2n) is 9.29. The first-order valence-electron chi connectivity index (χ1n) is 12.4. The largest absolute Gasteiger partial charge is 0.437 e. The minimum atomic E-state index is 0.0857. The van der Waals surface area contributed by atoms with Crippen LogP contribution in [0.4, 0.5) is 5.69 Å². The summed E-state index contributed by atoms with van der Waals surface area (Å²) in [6.07, 6.45) is 5.35. The minimum Gasteiger partial charge on any atom is -0.437 e. The number of aromatic nitrogens is 2. The molecule has 2 aromatic carbocycles. The van der Waals surface area contributed by atoms with E-state index in [2.05, 4.69) is 22.9 Å². The molecule has 2 saturated heterocycles. The summed E-state index contributed by atoms with van der Waals surface area (Å²) in [4.78, 5) is 27.0. The second-order valence-corrected chi connectivity index (χ2v) is 9.29. The van der Waals surface area contributed by atoms with Crippen LogP contribution in [0.1, 0.15) is 45.9 Å². The molecule has 7 heteroatoms. The first-order valence-corrected chi connectivity index (χ1v) is 12.4. The Hall–Kier alpha value is -3.45. The average Bonchev–Trinajstić information content (AvgIpc) is 2.90. The van der Waals surface area contributed by atoms with Gasteiger partial charge in [0.2, 0.25) is 5.88 Å². The van der Waals surface area contributed by atoms with Crippen LogP contribution in [0.5, 0.6) is 11.6 Å². The third-order valence-corrected chi connectivity index (χ3v) is 6.95. The SMILES string of the molecule is Cc1ccccc1Oc1cncc(C2CCCN(C(=O)c3cccc(N4CCOCC4)c3C)C2)n1. The number of rotatable bonds is 5. The quantitative estimate of drug-likeness (QED) is 0.534. The molecule has 0 N–H and O–H groups in total. The molecule has 2 aliphatic rings. The number of carbonyl (C=O) groups excluding carboxylic acids is 1. The zero-order valence-corrected chi connectivity index (χ0v) is 20.4. The molecule has 1 amide bonds. The van der Waals surface area contributed by atoms with E-state index in [-0.39, 0.29) is 11.8 Å². The Morgan fingerprint density at radius 3 is 2.69 bits per heavy atom. The molecule has 0 saturated carbocycles. The van der Waals surface area contributed by atoms with Crippen LogP contribution < -0.4 is 9.64 Å². The summed E-state index contributed by atoms with van der Waals surface area (Å²) in [6.45, 7) is 8.59. The van der Waals surface area contributed by atoms with Gasteiger partial charge in [-0.1, -0.05) is 24.3 Å². The van der Waals surface area contributed by atoms with E-state index in [1.807, 2.05) is 48.2 Å². The molecule has 1 atom stereocenters. The van der Waals surface area contributed by atoms with Crippen LogP contribution in [0.2, 0.25) is 0 Å². The third kappa shape index (κ3) is 5.15. The molecule has 0 radical (unpaired) electrons. The Morgan fingerprint density at radius 1 is 1.03 bits per heavy atom. The summed E-state index contributed by atoms with van der Waals surface area (Å²) >= 11 is 0. The number of para-hydroxylation sites is 1. The lowest BCUT2D eigenvalue weighted by Crippen LogP contribution is -2.40. The van der Waals surface area contributed by atoms with Crippen LogP contribution in [0, 0.1) is 13.8 Å². The fourth-order valence-corrected chi connectivity index (χ4v) is 4.97. The molecular formula is C28H32N4O3. The molecule has 2 fully saturated rings. The van der Waals surface area contributed by atoms with Crippen molar-refractivity contribution in [3.05, 3.63) is 77.2 Å². The molecule has 0 spiro atoms. The van der Waals surface area contributed by atoms with Gasteiger partial charge in [0.15, 0.2) is 0 Å². The molecule has 5 rings (SSSR count). The smallest absolute Gasteiger partial charge is 0.254 e. The number of nitrogens with zero attached hydrogens (tertiary/aromatic N) is 4. The van der Waals surface area contributed by atoms with Crippen LogP contribution in [0.3, 0.4) is 0 Å². The highest BCUT2D eigenvalue weighted by molar-refractivity contribution is 5.97. The van der Waals surface area contributed by atoms with Crippen LogP contribution in [0.15, 0.2) is 54.9 Å². The summed E-state index contributed by atoms with van der Waals surface area (Å²) in [5, 5.41) is 0.